The average molecular weight is 320 g/mol. The summed E-state index contributed by atoms with van der Waals surface area (Å²) >= 11 is 0. The number of amides is 1. The summed E-state index contributed by atoms with van der Waals surface area (Å²) in [6.45, 7) is 11.5. The van der Waals surface area contributed by atoms with Gasteiger partial charge in [0.05, 0.1) is 11.6 Å². The van der Waals surface area contributed by atoms with E-state index in [0.29, 0.717) is 17.8 Å². The Hall–Kier alpha value is -1.62. The summed E-state index contributed by atoms with van der Waals surface area (Å²) in [4.78, 5) is 30.0. The van der Waals surface area contributed by atoms with E-state index >= 15 is 0 Å². The van der Waals surface area contributed by atoms with Crippen LogP contribution in [0.4, 0.5) is 0 Å². The van der Waals surface area contributed by atoms with Crippen molar-refractivity contribution in [2.75, 3.05) is 6.54 Å². The zero-order valence-corrected chi connectivity index (χ0v) is 15.0. The SMILES string of the molecule is CC(=O)c1c(C)[nH]c(C(=O)N2CCCC2C(C)(C)O)c1C(C)C. The van der Waals surface area contributed by atoms with Crippen molar-refractivity contribution in [3.63, 3.8) is 0 Å². The smallest absolute Gasteiger partial charge is 0.270 e. The Balaban J connectivity index is 2.48. The lowest BCUT2D eigenvalue weighted by Gasteiger charge is -2.34. The predicted octanol–water partition coefficient (Wildman–Crippen LogP) is 3.02. The van der Waals surface area contributed by atoms with Crippen molar-refractivity contribution in [3.05, 3.63) is 22.5 Å². The van der Waals surface area contributed by atoms with Crippen LogP contribution in [0.5, 0.6) is 0 Å². The van der Waals surface area contributed by atoms with Crippen LogP contribution < -0.4 is 0 Å². The van der Waals surface area contributed by atoms with E-state index in [-0.39, 0.29) is 23.7 Å². The van der Waals surface area contributed by atoms with Crippen LogP contribution in [0.2, 0.25) is 0 Å². The molecule has 2 heterocycles. The molecule has 23 heavy (non-hydrogen) atoms. The summed E-state index contributed by atoms with van der Waals surface area (Å²) in [5, 5.41) is 10.4. The second-order valence-corrected chi connectivity index (χ2v) is 7.43. The van der Waals surface area contributed by atoms with Crippen molar-refractivity contribution in [3.8, 4) is 0 Å². The third-order valence-electron chi connectivity index (χ3n) is 4.70. The van der Waals surface area contributed by atoms with Crippen LogP contribution in [0.25, 0.3) is 0 Å². The molecular formula is C18H28N2O3. The van der Waals surface area contributed by atoms with E-state index < -0.39 is 5.60 Å². The van der Waals surface area contributed by atoms with Gasteiger partial charge in [0, 0.05) is 17.8 Å². The maximum atomic E-state index is 13.1. The molecule has 128 valence electrons. The van der Waals surface area contributed by atoms with Gasteiger partial charge in [-0.1, -0.05) is 13.8 Å². The van der Waals surface area contributed by atoms with Crippen LogP contribution in [0.15, 0.2) is 0 Å². The molecule has 1 unspecified atom stereocenters. The van der Waals surface area contributed by atoms with Crippen molar-refractivity contribution >= 4 is 11.7 Å². The summed E-state index contributed by atoms with van der Waals surface area (Å²) in [5.74, 6) is -0.0723. The lowest BCUT2D eigenvalue weighted by Crippen LogP contribution is -2.48. The highest BCUT2D eigenvalue weighted by molar-refractivity contribution is 6.03. The molecule has 2 N–H and O–H groups in total. The van der Waals surface area contributed by atoms with Gasteiger partial charge in [0.1, 0.15) is 5.69 Å². The average Bonchev–Trinajstić information content (AvgIpc) is 3.00. The molecule has 1 atom stereocenters. The van der Waals surface area contributed by atoms with Gasteiger partial charge in [-0.25, -0.2) is 0 Å². The molecular weight excluding hydrogens is 292 g/mol. The highest BCUT2D eigenvalue weighted by Gasteiger charge is 2.40. The molecule has 0 spiro atoms. The third kappa shape index (κ3) is 3.20. The second-order valence-electron chi connectivity index (χ2n) is 7.43. The fourth-order valence-electron chi connectivity index (χ4n) is 3.73. The fraction of sp³-hybridized carbons (Fsp3) is 0.667. The molecule has 1 fully saturated rings. The molecule has 5 heteroatoms. The Morgan fingerprint density at radius 3 is 2.43 bits per heavy atom. The van der Waals surface area contributed by atoms with Crippen LogP contribution in [0.3, 0.4) is 0 Å². The number of Topliss-reactive ketones (excluding diaryl/α,β-unsaturated/α-hetero) is 1. The first kappa shape index (κ1) is 17.7. The summed E-state index contributed by atoms with van der Waals surface area (Å²) in [6, 6.07) is -0.195. The van der Waals surface area contributed by atoms with Crippen LogP contribution in [0, 0.1) is 6.92 Å². The molecule has 1 aliphatic rings. The highest BCUT2D eigenvalue weighted by atomic mass is 16.3. The van der Waals surface area contributed by atoms with Gasteiger partial charge in [-0.05, 0) is 52.0 Å². The van der Waals surface area contributed by atoms with E-state index in [1.54, 1.807) is 18.7 Å². The molecule has 0 bridgehead atoms. The molecule has 2 rings (SSSR count). The minimum Gasteiger partial charge on any atom is -0.388 e. The van der Waals surface area contributed by atoms with Crippen molar-refractivity contribution in [1.82, 2.24) is 9.88 Å². The molecule has 0 radical (unpaired) electrons. The Kier molecular flexibility index (Phi) is 4.71. The van der Waals surface area contributed by atoms with Gasteiger partial charge in [0.25, 0.3) is 5.91 Å². The molecule has 1 aromatic rings. The molecule has 1 saturated heterocycles. The normalized spacial score (nSPS) is 18.8. The maximum Gasteiger partial charge on any atom is 0.270 e. The van der Waals surface area contributed by atoms with E-state index in [2.05, 4.69) is 4.98 Å². The fourth-order valence-corrected chi connectivity index (χ4v) is 3.73. The molecule has 5 nitrogen and oxygen atoms in total. The number of aromatic amines is 1. The minimum absolute atomic E-state index is 0.0260. The van der Waals surface area contributed by atoms with Gasteiger partial charge in [0.2, 0.25) is 0 Å². The molecule has 0 saturated carbocycles. The lowest BCUT2D eigenvalue weighted by atomic mass is 9.94. The Morgan fingerprint density at radius 2 is 1.96 bits per heavy atom. The summed E-state index contributed by atoms with van der Waals surface area (Å²) in [7, 11) is 0. The second kappa shape index (κ2) is 6.11. The maximum absolute atomic E-state index is 13.1. The Morgan fingerprint density at radius 1 is 1.35 bits per heavy atom. The summed E-state index contributed by atoms with van der Waals surface area (Å²) < 4.78 is 0. The molecule has 0 aromatic carbocycles. The number of carbonyl (C=O) groups is 2. The monoisotopic (exact) mass is 320 g/mol. The van der Waals surface area contributed by atoms with E-state index in [1.807, 2.05) is 20.8 Å². The predicted molar refractivity (Wildman–Crippen MR) is 90.0 cm³/mol. The molecule has 0 aliphatic carbocycles. The third-order valence-corrected chi connectivity index (χ3v) is 4.70. The number of carbonyl (C=O) groups excluding carboxylic acids is 2. The Labute approximate surface area is 138 Å². The number of rotatable bonds is 4. The first-order valence-corrected chi connectivity index (χ1v) is 8.32. The van der Waals surface area contributed by atoms with Crippen molar-refractivity contribution < 1.29 is 14.7 Å². The van der Waals surface area contributed by atoms with Crippen LogP contribution in [-0.4, -0.2) is 44.9 Å². The van der Waals surface area contributed by atoms with Crippen molar-refractivity contribution in [2.45, 2.75) is 71.9 Å². The number of aryl methyl sites for hydroxylation is 1. The van der Waals surface area contributed by atoms with Gasteiger partial charge in [-0.3, -0.25) is 9.59 Å². The van der Waals surface area contributed by atoms with Gasteiger partial charge in [0.15, 0.2) is 5.78 Å². The van der Waals surface area contributed by atoms with E-state index in [0.717, 1.165) is 24.1 Å². The quantitative estimate of drug-likeness (QED) is 0.838. The highest BCUT2D eigenvalue weighted by Crippen LogP contribution is 2.32. The zero-order chi connectivity index (χ0) is 17.5. The van der Waals surface area contributed by atoms with E-state index in [1.165, 1.54) is 6.92 Å². The van der Waals surface area contributed by atoms with E-state index in [9.17, 15) is 14.7 Å². The number of likely N-dealkylation sites (tertiary alicyclic amines) is 1. The number of nitrogens with zero attached hydrogens (tertiary/aromatic N) is 1. The Bertz CT molecular complexity index is 623. The van der Waals surface area contributed by atoms with Gasteiger partial charge in [-0.2, -0.15) is 0 Å². The minimum atomic E-state index is -0.935. The van der Waals surface area contributed by atoms with Crippen LogP contribution >= 0.6 is 0 Å². The number of hydrogen-bond acceptors (Lipinski definition) is 3. The molecule has 1 aromatic heterocycles. The number of aliphatic hydroxyl groups is 1. The van der Waals surface area contributed by atoms with Crippen LogP contribution in [-0.2, 0) is 0 Å². The largest absolute Gasteiger partial charge is 0.388 e. The zero-order valence-electron chi connectivity index (χ0n) is 15.0. The topological polar surface area (TPSA) is 73.4 Å². The van der Waals surface area contributed by atoms with Crippen molar-refractivity contribution in [1.29, 1.82) is 0 Å². The summed E-state index contributed by atoms with van der Waals surface area (Å²) in [5.41, 5.74) is 1.72. The van der Waals surface area contributed by atoms with Crippen molar-refractivity contribution in [2.24, 2.45) is 0 Å². The first-order valence-electron chi connectivity index (χ1n) is 8.32. The number of aromatic nitrogens is 1. The number of H-pyrrole nitrogens is 1. The number of hydrogen-bond donors (Lipinski definition) is 2. The standard InChI is InChI=1S/C18H28N2O3/c1-10(2)14-15(12(4)21)11(3)19-16(14)17(22)20-9-7-8-13(20)18(5,6)23/h10,13,19,23H,7-9H2,1-6H3. The van der Waals surface area contributed by atoms with Crippen LogP contribution in [0.1, 0.15) is 85.5 Å². The van der Waals surface area contributed by atoms with Gasteiger partial charge < -0.3 is 15.0 Å². The van der Waals surface area contributed by atoms with E-state index in [4.69, 9.17) is 0 Å². The summed E-state index contributed by atoms with van der Waals surface area (Å²) in [6.07, 6.45) is 1.68. The molecule has 1 amide bonds. The first-order chi connectivity index (χ1) is 10.6. The number of ketones is 1. The van der Waals surface area contributed by atoms with Gasteiger partial charge in [-0.15, -0.1) is 0 Å². The molecule has 1 aliphatic heterocycles. The van der Waals surface area contributed by atoms with Gasteiger partial charge >= 0.3 is 0 Å². The lowest BCUT2D eigenvalue weighted by molar-refractivity contribution is 0.0000851. The number of nitrogens with one attached hydrogen (secondary N) is 1.